The summed E-state index contributed by atoms with van der Waals surface area (Å²) in [5.41, 5.74) is 7.36. The Balaban J connectivity index is 2.17. The highest BCUT2D eigenvalue weighted by Crippen LogP contribution is 2.19. The molecule has 0 saturated carbocycles. The second-order valence-electron chi connectivity index (χ2n) is 4.36. The highest BCUT2D eigenvalue weighted by atomic mass is 16.5. The lowest BCUT2D eigenvalue weighted by Crippen LogP contribution is -2.10. The summed E-state index contributed by atoms with van der Waals surface area (Å²) < 4.78 is 9.89. The van der Waals surface area contributed by atoms with Gasteiger partial charge in [-0.25, -0.2) is 9.78 Å². The van der Waals surface area contributed by atoms with Gasteiger partial charge in [-0.15, -0.1) is 0 Å². The molecule has 1 aromatic carbocycles. The van der Waals surface area contributed by atoms with Crippen molar-refractivity contribution in [2.75, 3.05) is 25.3 Å². The molecule has 21 heavy (non-hydrogen) atoms. The zero-order valence-electron chi connectivity index (χ0n) is 11.9. The van der Waals surface area contributed by atoms with Crippen LogP contribution < -0.4 is 15.8 Å². The summed E-state index contributed by atoms with van der Waals surface area (Å²) in [6, 6.07) is 9.15. The van der Waals surface area contributed by atoms with Crippen LogP contribution in [0, 0.1) is 0 Å². The van der Waals surface area contributed by atoms with E-state index in [0.717, 1.165) is 11.3 Å². The molecule has 0 amide bonds. The number of aromatic nitrogens is 1. The number of benzene rings is 1. The quantitative estimate of drug-likeness (QED) is 0.819. The molecule has 1 heterocycles. The van der Waals surface area contributed by atoms with Crippen molar-refractivity contribution in [3.8, 4) is 5.75 Å². The Bertz CT molecular complexity index is 644. The number of anilines is 2. The van der Waals surface area contributed by atoms with E-state index in [9.17, 15) is 4.79 Å². The fourth-order valence-corrected chi connectivity index (χ4v) is 1.86. The van der Waals surface area contributed by atoms with Crippen LogP contribution in [0.3, 0.4) is 0 Å². The molecular formula is C15H17N3O3. The van der Waals surface area contributed by atoms with Crippen molar-refractivity contribution < 1.29 is 14.3 Å². The Morgan fingerprint density at radius 1 is 1.33 bits per heavy atom. The van der Waals surface area contributed by atoms with Crippen molar-refractivity contribution >= 4 is 17.5 Å². The van der Waals surface area contributed by atoms with Gasteiger partial charge in [0.2, 0.25) is 0 Å². The molecule has 0 spiro atoms. The Labute approximate surface area is 122 Å². The van der Waals surface area contributed by atoms with E-state index < -0.39 is 5.97 Å². The number of nitrogen functional groups attached to an aromatic ring is 1. The third kappa shape index (κ3) is 3.62. The normalized spacial score (nSPS) is 10.0. The Hall–Kier alpha value is -2.76. The van der Waals surface area contributed by atoms with E-state index in [1.54, 1.807) is 7.11 Å². The fourth-order valence-electron chi connectivity index (χ4n) is 1.86. The van der Waals surface area contributed by atoms with E-state index in [-0.39, 0.29) is 0 Å². The van der Waals surface area contributed by atoms with Gasteiger partial charge in [0.15, 0.2) is 0 Å². The summed E-state index contributed by atoms with van der Waals surface area (Å²) in [7, 11) is 2.93. The van der Waals surface area contributed by atoms with Gasteiger partial charge in [-0.2, -0.15) is 0 Å². The maximum Gasteiger partial charge on any atom is 0.341 e. The molecule has 2 rings (SSSR count). The Morgan fingerprint density at radius 3 is 2.86 bits per heavy atom. The zero-order valence-corrected chi connectivity index (χ0v) is 11.9. The van der Waals surface area contributed by atoms with Gasteiger partial charge in [0.25, 0.3) is 0 Å². The van der Waals surface area contributed by atoms with Crippen LogP contribution in [0.2, 0.25) is 0 Å². The summed E-state index contributed by atoms with van der Waals surface area (Å²) in [5.74, 6) is 0.717. The fraction of sp³-hybridized carbons (Fsp3) is 0.200. The van der Waals surface area contributed by atoms with E-state index in [0.29, 0.717) is 23.6 Å². The minimum Gasteiger partial charge on any atom is -0.497 e. The molecule has 6 nitrogen and oxygen atoms in total. The van der Waals surface area contributed by atoms with E-state index >= 15 is 0 Å². The number of carbonyl (C=O) groups is 1. The second kappa shape index (κ2) is 6.60. The van der Waals surface area contributed by atoms with Gasteiger partial charge in [-0.1, -0.05) is 12.1 Å². The monoisotopic (exact) mass is 287 g/mol. The van der Waals surface area contributed by atoms with Crippen LogP contribution in [0.4, 0.5) is 11.5 Å². The van der Waals surface area contributed by atoms with Crippen LogP contribution in [0.5, 0.6) is 5.75 Å². The average molecular weight is 287 g/mol. The summed E-state index contributed by atoms with van der Waals surface area (Å²) in [6.45, 7) is 0.498. The number of nitrogens with zero attached hydrogens (tertiary/aromatic N) is 1. The van der Waals surface area contributed by atoms with Gasteiger partial charge in [-0.05, 0) is 23.8 Å². The lowest BCUT2D eigenvalue weighted by Gasteiger charge is -2.11. The van der Waals surface area contributed by atoms with Crippen molar-refractivity contribution in [2.24, 2.45) is 0 Å². The van der Waals surface area contributed by atoms with E-state index in [2.05, 4.69) is 10.3 Å². The first-order chi connectivity index (χ1) is 10.1. The minimum absolute atomic E-state index is 0.306. The molecule has 0 aliphatic carbocycles. The third-order valence-corrected chi connectivity index (χ3v) is 2.91. The van der Waals surface area contributed by atoms with Crippen molar-refractivity contribution in [1.82, 2.24) is 4.98 Å². The van der Waals surface area contributed by atoms with E-state index in [4.69, 9.17) is 15.2 Å². The third-order valence-electron chi connectivity index (χ3n) is 2.91. The summed E-state index contributed by atoms with van der Waals surface area (Å²) in [4.78, 5) is 15.9. The van der Waals surface area contributed by atoms with Crippen molar-refractivity contribution in [1.29, 1.82) is 0 Å². The predicted molar refractivity (Wildman–Crippen MR) is 80.3 cm³/mol. The maximum atomic E-state index is 11.7. The molecule has 3 N–H and O–H groups in total. The molecule has 0 bridgehead atoms. The molecule has 110 valence electrons. The number of ether oxygens (including phenoxy) is 2. The standard InChI is InChI=1S/C15H17N3O3/c1-20-12-5-3-4-10(6-12)8-17-14-13(15(19)21-2)7-11(16)9-18-14/h3-7,9H,8,16H2,1-2H3,(H,17,18). The van der Waals surface area contributed by atoms with Crippen molar-refractivity contribution in [2.45, 2.75) is 6.54 Å². The minimum atomic E-state index is -0.483. The van der Waals surface area contributed by atoms with Gasteiger partial charge in [0.1, 0.15) is 17.1 Å². The lowest BCUT2D eigenvalue weighted by molar-refractivity contribution is 0.0601. The first-order valence-corrected chi connectivity index (χ1v) is 6.34. The smallest absolute Gasteiger partial charge is 0.341 e. The van der Waals surface area contributed by atoms with Gasteiger partial charge < -0.3 is 20.5 Å². The van der Waals surface area contributed by atoms with Crippen LogP contribution in [0.25, 0.3) is 0 Å². The molecular weight excluding hydrogens is 270 g/mol. The highest BCUT2D eigenvalue weighted by Gasteiger charge is 2.13. The molecule has 0 unspecified atom stereocenters. The Kier molecular flexibility index (Phi) is 4.61. The molecule has 2 aromatic rings. The number of hydrogen-bond acceptors (Lipinski definition) is 6. The summed E-state index contributed by atoms with van der Waals surface area (Å²) in [6.07, 6.45) is 1.49. The van der Waals surface area contributed by atoms with Crippen LogP contribution >= 0.6 is 0 Å². The predicted octanol–water partition coefficient (Wildman–Crippen LogP) is 2.07. The topological polar surface area (TPSA) is 86.5 Å². The molecule has 0 fully saturated rings. The summed E-state index contributed by atoms with van der Waals surface area (Å²) in [5, 5.41) is 3.10. The number of nitrogens with one attached hydrogen (secondary N) is 1. The first-order valence-electron chi connectivity index (χ1n) is 6.34. The maximum absolute atomic E-state index is 11.7. The van der Waals surface area contributed by atoms with Gasteiger partial charge in [0, 0.05) is 6.54 Å². The summed E-state index contributed by atoms with van der Waals surface area (Å²) >= 11 is 0. The van der Waals surface area contributed by atoms with Gasteiger partial charge >= 0.3 is 5.97 Å². The molecule has 0 radical (unpaired) electrons. The number of pyridine rings is 1. The number of rotatable bonds is 5. The highest BCUT2D eigenvalue weighted by molar-refractivity contribution is 5.95. The molecule has 6 heteroatoms. The number of methoxy groups -OCH3 is 2. The average Bonchev–Trinajstić information content (AvgIpc) is 2.53. The van der Waals surface area contributed by atoms with Crippen molar-refractivity contribution in [3.05, 3.63) is 47.7 Å². The largest absolute Gasteiger partial charge is 0.497 e. The lowest BCUT2D eigenvalue weighted by atomic mass is 10.2. The van der Waals surface area contributed by atoms with Crippen LogP contribution in [0.15, 0.2) is 36.5 Å². The first kappa shape index (κ1) is 14.6. The van der Waals surface area contributed by atoms with Gasteiger partial charge in [-0.3, -0.25) is 0 Å². The van der Waals surface area contributed by atoms with Crippen molar-refractivity contribution in [3.63, 3.8) is 0 Å². The van der Waals surface area contributed by atoms with Crippen LogP contribution in [-0.2, 0) is 11.3 Å². The SMILES string of the molecule is COC(=O)c1cc(N)cnc1NCc1cccc(OC)c1. The van der Waals surface area contributed by atoms with Crippen LogP contribution in [0.1, 0.15) is 15.9 Å². The van der Waals surface area contributed by atoms with Crippen LogP contribution in [-0.4, -0.2) is 25.2 Å². The van der Waals surface area contributed by atoms with Gasteiger partial charge in [0.05, 0.1) is 26.1 Å². The molecule has 0 aliphatic rings. The van der Waals surface area contributed by atoms with E-state index in [1.807, 2.05) is 24.3 Å². The number of carbonyl (C=O) groups excluding carboxylic acids is 1. The molecule has 0 saturated heterocycles. The number of nitrogens with two attached hydrogens (primary N) is 1. The van der Waals surface area contributed by atoms with E-state index in [1.165, 1.54) is 19.4 Å². The number of hydrogen-bond donors (Lipinski definition) is 2. The molecule has 0 aliphatic heterocycles. The number of esters is 1. The molecule has 0 atom stereocenters. The zero-order chi connectivity index (χ0) is 15.2. The molecule has 1 aromatic heterocycles. The second-order valence-corrected chi connectivity index (χ2v) is 4.36. The Morgan fingerprint density at radius 2 is 2.14 bits per heavy atom.